The monoisotopic (exact) mass is 744 g/mol. The maximum atomic E-state index is 13.4. The van der Waals surface area contributed by atoms with Gasteiger partial charge in [0.2, 0.25) is 0 Å². The Hall–Kier alpha value is -6.35. The molecule has 1 atom stereocenters. The van der Waals surface area contributed by atoms with Crippen LogP contribution in [0.15, 0.2) is 51.0 Å². The molecule has 0 amide bonds. The minimum absolute atomic E-state index is 0.0292. The average molecular weight is 745 g/mol. The van der Waals surface area contributed by atoms with E-state index in [2.05, 4.69) is 35.1 Å². The summed E-state index contributed by atoms with van der Waals surface area (Å²) in [4.78, 5) is 61.3. The summed E-state index contributed by atoms with van der Waals surface area (Å²) in [6, 6.07) is 7.40. The number of carbonyl (C=O) groups excluding carboxylic acids is 2. The van der Waals surface area contributed by atoms with E-state index < -0.39 is 37.5 Å². The number of nitrogens with zero attached hydrogens (tertiary/aromatic N) is 9. The van der Waals surface area contributed by atoms with Gasteiger partial charge in [-0.25, -0.2) is 19.4 Å². The molecule has 1 fully saturated rings. The van der Waals surface area contributed by atoms with Crippen molar-refractivity contribution in [1.82, 2.24) is 0 Å². The number of unbranched alkanes of at least 4 members (excludes halogenated alkanes) is 3. The zero-order chi connectivity index (χ0) is 38.3. The lowest BCUT2D eigenvalue weighted by molar-refractivity contribution is -0.385. The second kappa shape index (κ2) is 18.6. The molecule has 23 nitrogen and oxygen atoms in total. The third-order valence-corrected chi connectivity index (χ3v) is 8.21. The molecule has 2 aromatic rings. The van der Waals surface area contributed by atoms with Crippen LogP contribution in [-0.4, -0.2) is 59.3 Å². The molecule has 1 aliphatic rings. The lowest BCUT2D eigenvalue weighted by Crippen LogP contribution is -2.43. The number of rotatable bonds is 19. The number of anilines is 2. The van der Waals surface area contributed by atoms with Gasteiger partial charge in [-0.15, -0.1) is 4.40 Å². The number of hydrogen-bond acceptors (Lipinski definition) is 15. The highest BCUT2D eigenvalue weighted by molar-refractivity contribution is 7.84. The number of nitro benzene ring substituents is 2. The lowest BCUT2D eigenvalue weighted by Gasteiger charge is -2.26. The van der Waals surface area contributed by atoms with E-state index in [9.17, 15) is 42.8 Å². The topological polar surface area (TPSA) is 351 Å². The van der Waals surface area contributed by atoms with Crippen molar-refractivity contribution >= 4 is 67.8 Å². The molecule has 1 saturated carbocycles. The molecule has 1 aliphatic carbocycles. The van der Waals surface area contributed by atoms with E-state index in [4.69, 9.17) is 26.2 Å². The van der Waals surface area contributed by atoms with Gasteiger partial charge in [0.05, 0.1) is 33.4 Å². The first kappa shape index (κ1) is 40.1. The van der Waals surface area contributed by atoms with Gasteiger partial charge < -0.3 is 16.0 Å². The molecule has 0 aromatic heterocycles. The van der Waals surface area contributed by atoms with Crippen molar-refractivity contribution in [1.29, 1.82) is 5.41 Å². The molecule has 0 aliphatic heterocycles. The summed E-state index contributed by atoms with van der Waals surface area (Å²) < 4.78 is 35.9. The standard InChI is InChI=1S/C28H32N12O11S/c29-24-11-12-25(36-52(47,48)49)28(24,13-3-5-15-33-21-10-8-19(40(45)46)17-23(21)35-38-31)27(42)51-50-26(41)6-2-1-4-14-32-20-9-7-18(39(43)44)16-22(20)34-37-30/h7-10,16-17,29,32-33H,1-6,11-15H2,(H,47,48,49)/b29-24?,36-25+. The molecule has 52 heavy (non-hydrogen) atoms. The van der Waals surface area contributed by atoms with Gasteiger partial charge in [0.15, 0.2) is 0 Å². The Morgan fingerprint density at radius 1 is 0.885 bits per heavy atom. The van der Waals surface area contributed by atoms with E-state index in [0.717, 1.165) is 12.1 Å². The van der Waals surface area contributed by atoms with Gasteiger partial charge in [-0.2, -0.15) is 8.42 Å². The van der Waals surface area contributed by atoms with Gasteiger partial charge in [0.1, 0.15) is 5.41 Å². The molecule has 276 valence electrons. The van der Waals surface area contributed by atoms with Crippen LogP contribution in [-0.2, 0) is 29.7 Å². The summed E-state index contributed by atoms with van der Waals surface area (Å²) >= 11 is 0. The Balaban J connectivity index is 1.55. The van der Waals surface area contributed by atoms with Gasteiger partial charge in [-0.05, 0) is 68.1 Å². The van der Waals surface area contributed by atoms with Crippen LogP contribution in [0.5, 0.6) is 0 Å². The predicted octanol–water partition coefficient (Wildman–Crippen LogP) is 6.69. The second-order valence-corrected chi connectivity index (χ2v) is 12.2. The van der Waals surface area contributed by atoms with Gasteiger partial charge >= 0.3 is 22.2 Å². The summed E-state index contributed by atoms with van der Waals surface area (Å²) in [7, 11) is -4.98. The summed E-state index contributed by atoms with van der Waals surface area (Å²) in [6.45, 7) is 0.539. The average Bonchev–Trinajstić information content (AvgIpc) is 3.39. The first-order chi connectivity index (χ1) is 24.7. The van der Waals surface area contributed by atoms with E-state index in [1.807, 2.05) is 0 Å². The molecule has 0 radical (unpaired) electrons. The van der Waals surface area contributed by atoms with Crippen LogP contribution in [0.25, 0.3) is 20.9 Å². The van der Waals surface area contributed by atoms with Crippen LogP contribution < -0.4 is 10.6 Å². The quantitative estimate of drug-likeness (QED) is 0.0170. The van der Waals surface area contributed by atoms with Crippen LogP contribution in [0.4, 0.5) is 34.1 Å². The number of benzene rings is 2. The molecule has 0 bridgehead atoms. The Bertz CT molecular complexity index is 1960. The number of non-ortho nitro benzene ring substituents is 2. The first-order valence-corrected chi connectivity index (χ1v) is 16.8. The first-order valence-electron chi connectivity index (χ1n) is 15.4. The minimum Gasteiger partial charge on any atom is -0.385 e. The third-order valence-electron chi connectivity index (χ3n) is 7.76. The fraction of sp³-hybridized carbons (Fsp3) is 0.429. The van der Waals surface area contributed by atoms with Gasteiger partial charge in [-0.1, -0.05) is 16.6 Å². The largest absolute Gasteiger partial charge is 0.385 e. The summed E-state index contributed by atoms with van der Waals surface area (Å²) in [6.07, 6.45) is 1.05. The number of nitrogens with one attached hydrogen (secondary N) is 3. The van der Waals surface area contributed by atoms with Gasteiger partial charge in [0, 0.05) is 64.3 Å². The van der Waals surface area contributed by atoms with Crippen molar-refractivity contribution in [3.8, 4) is 0 Å². The maximum Gasteiger partial charge on any atom is 0.378 e. The van der Waals surface area contributed by atoms with E-state index in [0.29, 0.717) is 31.5 Å². The second-order valence-electron chi connectivity index (χ2n) is 11.1. The highest BCUT2D eigenvalue weighted by Gasteiger charge is 2.53. The lowest BCUT2D eigenvalue weighted by atomic mass is 9.78. The highest BCUT2D eigenvalue weighted by atomic mass is 32.2. The smallest absolute Gasteiger partial charge is 0.378 e. The van der Waals surface area contributed by atoms with Crippen LogP contribution in [0, 0.1) is 31.1 Å². The van der Waals surface area contributed by atoms with E-state index in [1.165, 1.54) is 24.3 Å². The zero-order valence-electron chi connectivity index (χ0n) is 27.2. The van der Waals surface area contributed by atoms with E-state index >= 15 is 0 Å². The number of azide groups is 2. The molecular weight excluding hydrogens is 712 g/mol. The number of carbonyl (C=O) groups is 2. The minimum atomic E-state index is -4.98. The van der Waals surface area contributed by atoms with E-state index in [-0.39, 0.29) is 84.9 Å². The van der Waals surface area contributed by atoms with Crippen molar-refractivity contribution in [2.24, 2.45) is 20.0 Å². The zero-order valence-corrected chi connectivity index (χ0v) is 28.0. The Labute approximate surface area is 294 Å². The Kier molecular flexibility index (Phi) is 14.3. The summed E-state index contributed by atoms with van der Waals surface area (Å²) in [5, 5.41) is 43.3. The van der Waals surface area contributed by atoms with Gasteiger partial charge in [-0.3, -0.25) is 24.8 Å². The molecule has 1 unspecified atom stereocenters. The van der Waals surface area contributed by atoms with Crippen molar-refractivity contribution in [2.75, 3.05) is 23.7 Å². The third kappa shape index (κ3) is 11.1. The number of hydrogen-bond donors (Lipinski definition) is 4. The van der Waals surface area contributed by atoms with Gasteiger partial charge in [0.25, 0.3) is 11.4 Å². The van der Waals surface area contributed by atoms with Crippen LogP contribution in [0.3, 0.4) is 0 Å². The number of nitro groups is 2. The Morgan fingerprint density at radius 3 is 1.92 bits per heavy atom. The fourth-order valence-electron chi connectivity index (χ4n) is 5.30. The van der Waals surface area contributed by atoms with Crippen LogP contribution in [0.1, 0.15) is 57.8 Å². The van der Waals surface area contributed by atoms with Crippen molar-refractivity contribution in [2.45, 2.75) is 57.8 Å². The van der Waals surface area contributed by atoms with E-state index in [1.54, 1.807) is 0 Å². The maximum absolute atomic E-state index is 13.4. The summed E-state index contributed by atoms with van der Waals surface area (Å²) in [5.74, 6) is -2.21. The molecule has 0 heterocycles. The highest BCUT2D eigenvalue weighted by Crippen LogP contribution is 2.40. The predicted molar refractivity (Wildman–Crippen MR) is 184 cm³/mol. The van der Waals surface area contributed by atoms with Crippen LogP contribution in [0.2, 0.25) is 0 Å². The molecule has 24 heteroatoms. The molecule has 0 saturated heterocycles. The molecule has 2 aromatic carbocycles. The molecular formula is C28H32N12O11S. The summed E-state index contributed by atoms with van der Waals surface area (Å²) in [5.41, 5.74) is 15.0. The molecule has 0 spiro atoms. The van der Waals surface area contributed by atoms with Crippen molar-refractivity contribution < 1.29 is 42.2 Å². The van der Waals surface area contributed by atoms with Crippen LogP contribution >= 0.6 is 0 Å². The van der Waals surface area contributed by atoms with Crippen molar-refractivity contribution in [3.63, 3.8) is 0 Å². The fourth-order valence-corrected chi connectivity index (χ4v) is 5.83. The normalized spacial score (nSPS) is 15.9. The SMILES string of the molecule is [N-]=[N+]=Nc1cc([N+](=O)[O-])ccc1NCCCCCC(=O)OOC(=O)C1(CCCCNc2ccc([N+](=O)[O-])cc2N=[N+]=[N-])C(=N)CC/C1=N\S(=O)(=O)O. The molecule has 3 rings (SSSR count). The molecule has 4 N–H and O–H groups in total. The van der Waals surface area contributed by atoms with Crippen molar-refractivity contribution in [3.05, 3.63) is 77.5 Å². The Morgan fingerprint density at radius 2 is 1.42 bits per heavy atom.